The van der Waals surface area contributed by atoms with Crippen LogP contribution < -0.4 is 5.73 Å². The maximum absolute atomic E-state index is 6.27. The Kier molecular flexibility index (Phi) is 3.24. The summed E-state index contributed by atoms with van der Waals surface area (Å²) in [6.45, 7) is 2.35. The predicted octanol–water partition coefficient (Wildman–Crippen LogP) is 3.57. The molecule has 0 bridgehead atoms. The second-order valence-corrected chi connectivity index (χ2v) is 5.38. The Balaban J connectivity index is 1.95. The molecular weight excluding hydrogens is 190 g/mol. The molecule has 0 aromatic carbocycles. The van der Waals surface area contributed by atoms with Crippen molar-refractivity contribution >= 4 is 11.3 Å². The summed E-state index contributed by atoms with van der Waals surface area (Å²) in [7, 11) is 0. The molecule has 1 fully saturated rings. The first-order valence-electron chi connectivity index (χ1n) is 5.55. The molecule has 0 amide bonds. The van der Waals surface area contributed by atoms with E-state index in [2.05, 4.69) is 23.8 Å². The van der Waals surface area contributed by atoms with E-state index in [0.717, 1.165) is 11.8 Å². The lowest BCUT2D eigenvalue weighted by molar-refractivity contribution is 0.256. The van der Waals surface area contributed by atoms with Gasteiger partial charge in [-0.05, 0) is 47.1 Å². The minimum Gasteiger partial charge on any atom is -0.324 e. The minimum atomic E-state index is 0.286. The Bertz CT molecular complexity index is 260. The van der Waals surface area contributed by atoms with Crippen LogP contribution in [0.15, 0.2) is 16.8 Å². The highest BCUT2D eigenvalue weighted by Gasteiger charge is 2.24. The quantitative estimate of drug-likeness (QED) is 0.791. The van der Waals surface area contributed by atoms with Gasteiger partial charge in [-0.25, -0.2) is 0 Å². The van der Waals surface area contributed by atoms with Crippen molar-refractivity contribution in [1.82, 2.24) is 0 Å². The summed E-state index contributed by atoms with van der Waals surface area (Å²) in [4.78, 5) is 0. The zero-order chi connectivity index (χ0) is 9.97. The topological polar surface area (TPSA) is 26.0 Å². The van der Waals surface area contributed by atoms with E-state index in [4.69, 9.17) is 5.73 Å². The van der Waals surface area contributed by atoms with E-state index in [1.807, 2.05) is 0 Å². The summed E-state index contributed by atoms with van der Waals surface area (Å²) in [5.74, 6) is 1.64. The fourth-order valence-corrected chi connectivity index (χ4v) is 3.09. The molecule has 0 spiro atoms. The van der Waals surface area contributed by atoms with Crippen LogP contribution in [0.2, 0.25) is 0 Å². The van der Waals surface area contributed by atoms with Gasteiger partial charge in [0.15, 0.2) is 0 Å². The Morgan fingerprint density at radius 1 is 1.36 bits per heavy atom. The Morgan fingerprint density at radius 3 is 2.64 bits per heavy atom. The van der Waals surface area contributed by atoms with Gasteiger partial charge in [0.05, 0.1) is 0 Å². The summed E-state index contributed by atoms with van der Waals surface area (Å²) < 4.78 is 0. The Labute approximate surface area is 90.3 Å². The standard InChI is InChI=1S/C12H19NS/c1-9-2-4-10(5-3-9)12(13)11-6-7-14-8-11/h6-10,12H,2-5,13H2,1H3/t9?,10?,12-/m1/s1. The van der Waals surface area contributed by atoms with E-state index in [0.29, 0.717) is 0 Å². The number of hydrogen-bond acceptors (Lipinski definition) is 2. The molecule has 1 heterocycles. The first-order chi connectivity index (χ1) is 6.77. The number of hydrogen-bond donors (Lipinski definition) is 1. The van der Waals surface area contributed by atoms with Crippen LogP contribution in [-0.4, -0.2) is 0 Å². The molecular formula is C12H19NS. The molecule has 1 saturated carbocycles. The van der Waals surface area contributed by atoms with Crippen molar-refractivity contribution in [3.05, 3.63) is 22.4 Å². The van der Waals surface area contributed by atoms with Crippen molar-refractivity contribution in [3.8, 4) is 0 Å². The van der Waals surface area contributed by atoms with E-state index in [-0.39, 0.29) is 6.04 Å². The molecule has 2 N–H and O–H groups in total. The molecule has 0 radical (unpaired) electrons. The lowest BCUT2D eigenvalue weighted by Crippen LogP contribution is -2.25. The highest BCUT2D eigenvalue weighted by atomic mass is 32.1. The third-order valence-corrected chi connectivity index (χ3v) is 4.20. The summed E-state index contributed by atoms with van der Waals surface area (Å²) in [6, 6.07) is 2.46. The van der Waals surface area contributed by atoms with Crippen LogP contribution in [0.4, 0.5) is 0 Å². The number of nitrogens with two attached hydrogens (primary N) is 1. The van der Waals surface area contributed by atoms with E-state index in [1.165, 1.54) is 31.2 Å². The third kappa shape index (κ3) is 2.18. The fourth-order valence-electron chi connectivity index (χ4n) is 2.38. The van der Waals surface area contributed by atoms with Gasteiger partial charge in [-0.2, -0.15) is 11.3 Å². The summed E-state index contributed by atoms with van der Waals surface area (Å²) >= 11 is 1.75. The lowest BCUT2D eigenvalue weighted by atomic mass is 9.78. The van der Waals surface area contributed by atoms with Crippen LogP contribution in [0.1, 0.15) is 44.2 Å². The maximum atomic E-state index is 6.27. The molecule has 1 atom stereocenters. The fraction of sp³-hybridized carbons (Fsp3) is 0.667. The molecule has 2 heteroatoms. The van der Waals surface area contributed by atoms with Gasteiger partial charge in [0.2, 0.25) is 0 Å². The van der Waals surface area contributed by atoms with Gasteiger partial charge in [-0.15, -0.1) is 0 Å². The van der Waals surface area contributed by atoms with Crippen LogP contribution in [0.5, 0.6) is 0 Å². The minimum absolute atomic E-state index is 0.286. The van der Waals surface area contributed by atoms with Gasteiger partial charge in [0.1, 0.15) is 0 Å². The number of rotatable bonds is 2. The molecule has 1 aliphatic carbocycles. The SMILES string of the molecule is CC1CCC([C@@H](N)c2ccsc2)CC1. The predicted molar refractivity (Wildman–Crippen MR) is 62.4 cm³/mol. The second kappa shape index (κ2) is 4.45. The zero-order valence-corrected chi connectivity index (χ0v) is 9.59. The maximum Gasteiger partial charge on any atom is 0.0331 e. The normalized spacial score (nSPS) is 30.1. The van der Waals surface area contributed by atoms with Gasteiger partial charge >= 0.3 is 0 Å². The van der Waals surface area contributed by atoms with Crippen LogP contribution >= 0.6 is 11.3 Å². The van der Waals surface area contributed by atoms with Crippen molar-refractivity contribution in [1.29, 1.82) is 0 Å². The van der Waals surface area contributed by atoms with E-state index in [1.54, 1.807) is 11.3 Å². The summed E-state index contributed by atoms with van der Waals surface area (Å²) in [5, 5.41) is 4.32. The van der Waals surface area contributed by atoms with Crippen molar-refractivity contribution in [3.63, 3.8) is 0 Å². The van der Waals surface area contributed by atoms with Crippen molar-refractivity contribution in [2.75, 3.05) is 0 Å². The van der Waals surface area contributed by atoms with Gasteiger partial charge in [0, 0.05) is 6.04 Å². The number of thiophene rings is 1. The Hall–Kier alpha value is -0.340. The Morgan fingerprint density at radius 2 is 2.07 bits per heavy atom. The van der Waals surface area contributed by atoms with Crippen molar-refractivity contribution < 1.29 is 0 Å². The van der Waals surface area contributed by atoms with Crippen LogP contribution in [0, 0.1) is 11.8 Å². The highest BCUT2D eigenvalue weighted by Crippen LogP contribution is 2.35. The van der Waals surface area contributed by atoms with Crippen molar-refractivity contribution in [2.24, 2.45) is 17.6 Å². The summed E-state index contributed by atoms with van der Waals surface area (Å²) in [6.07, 6.45) is 5.36. The van der Waals surface area contributed by atoms with Crippen LogP contribution in [0.25, 0.3) is 0 Å². The second-order valence-electron chi connectivity index (χ2n) is 4.60. The van der Waals surface area contributed by atoms with E-state index >= 15 is 0 Å². The van der Waals surface area contributed by atoms with Gasteiger partial charge in [-0.1, -0.05) is 19.8 Å². The van der Waals surface area contributed by atoms with Gasteiger partial charge in [-0.3, -0.25) is 0 Å². The summed E-state index contributed by atoms with van der Waals surface area (Å²) in [5.41, 5.74) is 7.61. The zero-order valence-electron chi connectivity index (χ0n) is 8.78. The molecule has 1 aliphatic rings. The highest BCUT2D eigenvalue weighted by molar-refractivity contribution is 7.07. The van der Waals surface area contributed by atoms with Crippen LogP contribution in [-0.2, 0) is 0 Å². The molecule has 2 rings (SSSR count). The average molecular weight is 209 g/mol. The van der Waals surface area contributed by atoms with Crippen molar-refractivity contribution in [2.45, 2.75) is 38.6 Å². The van der Waals surface area contributed by atoms with E-state index < -0.39 is 0 Å². The average Bonchev–Trinajstić information content (AvgIpc) is 2.71. The lowest BCUT2D eigenvalue weighted by Gasteiger charge is -2.30. The van der Waals surface area contributed by atoms with Gasteiger partial charge < -0.3 is 5.73 Å². The molecule has 14 heavy (non-hydrogen) atoms. The molecule has 0 unspecified atom stereocenters. The van der Waals surface area contributed by atoms with E-state index in [9.17, 15) is 0 Å². The molecule has 1 aromatic heterocycles. The molecule has 78 valence electrons. The first-order valence-corrected chi connectivity index (χ1v) is 6.49. The van der Waals surface area contributed by atoms with Crippen LogP contribution in [0.3, 0.4) is 0 Å². The molecule has 1 nitrogen and oxygen atoms in total. The molecule has 0 aliphatic heterocycles. The van der Waals surface area contributed by atoms with Gasteiger partial charge in [0.25, 0.3) is 0 Å². The first kappa shape index (κ1) is 10.2. The molecule has 1 aromatic rings. The monoisotopic (exact) mass is 209 g/mol. The largest absolute Gasteiger partial charge is 0.324 e. The molecule has 0 saturated heterocycles. The smallest absolute Gasteiger partial charge is 0.0331 e. The third-order valence-electron chi connectivity index (χ3n) is 3.50.